The Morgan fingerprint density at radius 3 is 2.34 bits per heavy atom. The highest BCUT2D eigenvalue weighted by molar-refractivity contribution is 5.86. The molecular weight excluding hydrogens is 460 g/mol. The van der Waals surface area contributed by atoms with Gasteiger partial charge in [-0.1, -0.05) is 42.5 Å². The molecule has 0 bridgehead atoms. The number of ether oxygens (including phenoxy) is 3. The Hall–Kier alpha value is -3.22. The van der Waals surface area contributed by atoms with E-state index in [9.17, 15) is 30.0 Å². The van der Waals surface area contributed by atoms with E-state index in [0.717, 1.165) is 5.56 Å². The molecule has 190 valence electrons. The fourth-order valence-electron chi connectivity index (χ4n) is 3.70. The van der Waals surface area contributed by atoms with Crippen LogP contribution in [-0.2, 0) is 32.0 Å². The fourth-order valence-corrected chi connectivity index (χ4v) is 3.70. The van der Waals surface area contributed by atoms with Gasteiger partial charge >= 0.3 is 6.09 Å². The molecular formula is C24H30N2O9. The second-order valence-corrected chi connectivity index (χ2v) is 8.11. The van der Waals surface area contributed by atoms with Gasteiger partial charge in [-0.25, -0.2) is 4.79 Å². The van der Waals surface area contributed by atoms with Crippen molar-refractivity contribution in [3.05, 3.63) is 65.7 Å². The first kappa shape index (κ1) is 26.4. The predicted octanol–water partition coefficient (Wildman–Crippen LogP) is -0.200. The number of hydrogen-bond acceptors (Lipinski definition) is 9. The van der Waals surface area contributed by atoms with Crippen LogP contribution in [0, 0.1) is 0 Å². The summed E-state index contributed by atoms with van der Waals surface area (Å²) in [7, 11) is 1.27. The molecule has 1 aliphatic rings. The predicted molar refractivity (Wildman–Crippen MR) is 122 cm³/mol. The molecule has 6 atom stereocenters. The summed E-state index contributed by atoms with van der Waals surface area (Å²) >= 11 is 0. The van der Waals surface area contributed by atoms with Crippen molar-refractivity contribution in [2.45, 2.75) is 49.7 Å². The minimum absolute atomic E-state index is 0.00862. The van der Waals surface area contributed by atoms with E-state index in [1.165, 1.54) is 19.2 Å². The van der Waals surface area contributed by atoms with Gasteiger partial charge in [0, 0.05) is 13.5 Å². The minimum Gasteiger partial charge on any atom is -0.508 e. The summed E-state index contributed by atoms with van der Waals surface area (Å²) in [6.45, 7) is -0.577. The SMILES string of the molecule is COC1OC(CO)C(O)C(NC(=O)[C@H](Cc2ccc(O)cc2)NC(=O)OCc2ccccc2)C1O. The number of hydrogen-bond donors (Lipinski definition) is 6. The van der Waals surface area contributed by atoms with Crippen LogP contribution in [0.1, 0.15) is 11.1 Å². The Bertz CT molecular complexity index is 941. The van der Waals surface area contributed by atoms with E-state index in [-0.39, 0.29) is 18.8 Å². The molecule has 11 nitrogen and oxygen atoms in total. The summed E-state index contributed by atoms with van der Waals surface area (Å²) in [6.07, 6.45) is -6.00. The van der Waals surface area contributed by atoms with Crippen molar-refractivity contribution in [3.63, 3.8) is 0 Å². The number of phenolic OH excluding ortho intramolecular Hbond substituents is 1. The van der Waals surface area contributed by atoms with Gasteiger partial charge in [0.1, 0.15) is 36.7 Å². The first-order chi connectivity index (χ1) is 16.8. The minimum atomic E-state index is -1.44. The molecule has 11 heteroatoms. The average molecular weight is 491 g/mol. The third-order valence-corrected chi connectivity index (χ3v) is 5.62. The van der Waals surface area contributed by atoms with Crippen LogP contribution in [0.4, 0.5) is 4.79 Å². The van der Waals surface area contributed by atoms with Crippen molar-refractivity contribution in [1.82, 2.24) is 10.6 Å². The smallest absolute Gasteiger partial charge is 0.408 e. The largest absolute Gasteiger partial charge is 0.508 e. The lowest BCUT2D eigenvalue weighted by atomic mass is 9.95. The molecule has 1 heterocycles. The molecule has 5 unspecified atom stereocenters. The summed E-state index contributed by atoms with van der Waals surface area (Å²) in [6, 6.07) is 12.7. The van der Waals surface area contributed by atoms with Crippen molar-refractivity contribution < 1.29 is 44.2 Å². The van der Waals surface area contributed by atoms with Crippen LogP contribution in [0.25, 0.3) is 0 Å². The van der Waals surface area contributed by atoms with Gasteiger partial charge in [-0.05, 0) is 23.3 Å². The quantitative estimate of drug-likeness (QED) is 0.279. The second kappa shape index (κ2) is 12.5. The topological polar surface area (TPSA) is 167 Å². The summed E-state index contributed by atoms with van der Waals surface area (Å²) in [5.41, 5.74) is 1.39. The number of amides is 2. The van der Waals surface area contributed by atoms with E-state index < -0.39 is 55.3 Å². The van der Waals surface area contributed by atoms with Gasteiger partial charge in [-0.2, -0.15) is 0 Å². The lowest BCUT2D eigenvalue weighted by molar-refractivity contribution is -0.271. The van der Waals surface area contributed by atoms with E-state index in [1.807, 2.05) is 6.07 Å². The number of phenols is 1. The Labute approximate surface area is 202 Å². The van der Waals surface area contributed by atoms with E-state index >= 15 is 0 Å². The molecule has 1 saturated heterocycles. The summed E-state index contributed by atoms with van der Waals surface area (Å²) in [5.74, 6) is -0.676. The number of methoxy groups -OCH3 is 1. The normalized spacial score (nSPS) is 24.9. The van der Waals surface area contributed by atoms with Gasteiger partial charge in [0.05, 0.1) is 12.6 Å². The molecule has 6 N–H and O–H groups in total. The Morgan fingerprint density at radius 1 is 1.03 bits per heavy atom. The molecule has 0 aliphatic carbocycles. The highest BCUT2D eigenvalue weighted by Crippen LogP contribution is 2.22. The van der Waals surface area contributed by atoms with Crippen LogP contribution in [0.2, 0.25) is 0 Å². The zero-order valence-electron chi connectivity index (χ0n) is 19.1. The van der Waals surface area contributed by atoms with Gasteiger partial charge < -0.3 is 45.3 Å². The number of carbonyl (C=O) groups is 2. The molecule has 2 aromatic carbocycles. The van der Waals surface area contributed by atoms with Crippen molar-refractivity contribution in [2.24, 2.45) is 0 Å². The van der Waals surface area contributed by atoms with Gasteiger partial charge in [-0.15, -0.1) is 0 Å². The second-order valence-electron chi connectivity index (χ2n) is 8.11. The number of aliphatic hydroxyl groups is 3. The summed E-state index contributed by atoms with van der Waals surface area (Å²) in [5, 5.41) is 45.1. The maximum Gasteiger partial charge on any atom is 0.408 e. The molecule has 1 fully saturated rings. The van der Waals surface area contributed by atoms with Gasteiger partial charge in [0.15, 0.2) is 6.29 Å². The molecule has 2 amide bonds. The van der Waals surface area contributed by atoms with Gasteiger partial charge in [0.2, 0.25) is 5.91 Å². The number of aliphatic hydroxyl groups excluding tert-OH is 3. The first-order valence-corrected chi connectivity index (χ1v) is 11.0. The summed E-state index contributed by atoms with van der Waals surface area (Å²) in [4.78, 5) is 25.6. The lowest BCUT2D eigenvalue weighted by Crippen LogP contribution is -2.66. The fraction of sp³-hybridized carbons (Fsp3) is 0.417. The highest BCUT2D eigenvalue weighted by atomic mass is 16.7. The van der Waals surface area contributed by atoms with E-state index in [2.05, 4.69) is 10.6 Å². The molecule has 0 saturated carbocycles. The standard InChI is InChI=1S/C24H30N2O9/c1-33-23-21(30)19(20(29)18(12-27)35-23)26-22(31)17(11-14-7-9-16(28)10-8-14)25-24(32)34-13-15-5-3-2-4-6-15/h2-10,17-21,23,27-30H,11-13H2,1H3,(H,25,32)(H,26,31)/t17-,18?,19?,20?,21?,23?/m0/s1. The van der Waals surface area contributed by atoms with Crippen LogP contribution in [0.15, 0.2) is 54.6 Å². The zero-order valence-corrected chi connectivity index (χ0v) is 19.1. The Kier molecular flexibility index (Phi) is 9.40. The van der Waals surface area contributed by atoms with Crippen LogP contribution >= 0.6 is 0 Å². The number of aromatic hydroxyl groups is 1. The molecule has 2 aromatic rings. The van der Waals surface area contributed by atoms with E-state index in [4.69, 9.17) is 14.2 Å². The number of nitrogens with one attached hydrogen (secondary N) is 2. The molecule has 35 heavy (non-hydrogen) atoms. The monoisotopic (exact) mass is 490 g/mol. The number of carbonyl (C=O) groups excluding carboxylic acids is 2. The average Bonchev–Trinajstić information content (AvgIpc) is 2.87. The van der Waals surface area contributed by atoms with Crippen molar-refractivity contribution in [2.75, 3.05) is 13.7 Å². The van der Waals surface area contributed by atoms with Gasteiger partial charge in [-0.3, -0.25) is 4.79 Å². The molecule has 1 aliphatic heterocycles. The van der Waals surface area contributed by atoms with Gasteiger partial charge in [0.25, 0.3) is 0 Å². The summed E-state index contributed by atoms with van der Waals surface area (Å²) < 4.78 is 15.6. The lowest BCUT2D eigenvalue weighted by Gasteiger charge is -2.42. The number of rotatable bonds is 9. The number of benzene rings is 2. The maximum absolute atomic E-state index is 13.2. The van der Waals surface area contributed by atoms with Crippen molar-refractivity contribution in [1.29, 1.82) is 0 Å². The van der Waals surface area contributed by atoms with Crippen LogP contribution in [-0.4, -0.2) is 82.8 Å². The Morgan fingerprint density at radius 2 is 1.71 bits per heavy atom. The molecule has 0 aromatic heterocycles. The molecule has 0 spiro atoms. The molecule has 0 radical (unpaired) electrons. The van der Waals surface area contributed by atoms with E-state index in [0.29, 0.717) is 5.56 Å². The molecule has 3 rings (SSSR count). The Balaban J connectivity index is 1.73. The highest BCUT2D eigenvalue weighted by Gasteiger charge is 2.45. The van der Waals surface area contributed by atoms with Crippen LogP contribution in [0.5, 0.6) is 5.75 Å². The first-order valence-electron chi connectivity index (χ1n) is 11.0. The third kappa shape index (κ3) is 7.13. The van der Waals surface area contributed by atoms with Crippen molar-refractivity contribution >= 4 is 12.0 Å². The van der Waals surface area contributed by atoms with Crippen LogP contribution in [0.3, 0.4) is 0 Å². The number of alkyl carbamates (subject to hydrolysis) is 1. The maximum atomic E-state index is 13.2. The van der Waals surface area contributed by atoms with E-state index in [1.54, 1.807) is 36.4 Å². The zero-order chi connectivity index (χ0) is 25.4. The van der Waals surface area contributed by atoms with Crippen molar-refractivity contribution in [3.8, 4) is 5.75 Å². The van der Waals surface area contributed by atoms with Crippen LogP contribution < -0.4 is 10.6 Å². The third-order valence-electron chi connectivity index (χ3n) is 5.62.